The number of anilines is 1. The minimum atomic E-state index is -3.53. The Morgan fingerprint density at radius 3 is 2.58 bits per heavy atom. The molecule has 1 unspecified atom stereocenters. The van der Waals surface area contributed by atoms with Crippen LogP contribution in [0.15, 0.2) is 29.2 Å². The first-order chi connectivity index (χ1) is 8.86. The number of para-hydroxylation sites is 1. The molecular formula is C12H18N2O4S. The SMILES string of the molecule is CNS(=O)(=O)c1ccccc1NC(C)CCC(=O)O. The van der Waals surface area contributed by atoms with Gasteiger partial charge in [-0.25, -0.2) is 13.1 Å². The molecule has 0 aliphatic carbocycles. The van der Waals surface area contributed by atoms with E-state index in [-0.39, 0.29) is 17.4 Å². The molecule has 7 heteroatoms. The molecule has 0 spiro atoms. The monoisotopic (exact) mass is 286 g/mol. The van der Waals surface area contributed by atoms with Crippen molar-refractivity contribution in [3.63, 3.8) is 0 Å². The Labute approximate surface area is 112 Å². The number of hydrogen-bond donors (Lipinski definition) is 3. The number of carboxylic acids is 1. The van der Waals surface area contributed by atoms with Gasteiger partial charge in [-0.1, -0.05) is 12.1 Å². The van der Waals surface area contributed by atoms with Crippen LogP contribution < -0.4 is 10.0 Å². The summed E-state index contributed by atoms with van der Waals surface area (Å²) in [4.78, 5) is 10.6. The molecule has 1 atom stereocenters. The maximum atomic E-state index is 11.8. The smallest absolute Gasteiger partial charge is 0.303 e. The molecule has 0 amide bonds. The first-order valence-corrected chi connectivity index (χ1v) is 7.36. The molecule has 0 bridgehead atoms. The van der Waals surface area contributed by atoms with E-state index in [1.165, 1.54) is 13.1 Å². The van der Waals surface area contributed by atoms with Gasteiger partial charge >= 0.3 is 5.97 Å². The summed E-state index contributed by atoms with van der Waals surface area (Å²) in [5, 5.41) is 11.6. The van der Waals surface area contributed by atoms with Crippen LogP contribution in [0.2, 0.25) is 0 Å². The lowest BCUT2D eigenvalue weighted by Gasteiger charge is -2.17. The van der Waals surface area contributed by atoms with Gasteiger partial charge in [0, 0.05) is 12.5 Å². The third-order valence-electron chi connectivity index (χ3n) is 2.64. The molecule has 0 aliphatic heterocycles. The van der Waals surface area contributed by atoms with Crippen molar-refractivity contribution in [2.75, 3.05) is 12.4 Å². The van der Waals surface area contributed by atoms with Crippen LogP contribution in [-0.2, 0) is 14.8 Å². The van der Waals surface area contributed by atoms with Crippen LogP contribution in [0.5, 0.6) is 0 Å². The van der Waals surface area contributed by atoms with Gasteiger partial charge in [-0.15, -0.1) is 0 Å². The van der Waals surface area contributed by atoms with E-state index in [1.54, 1.807) is 18.2 Å². The molecule has 1 aromatic carbocycles. The zero-order valence-corrected chi connectivity index (χ0v) is 11.7. The fourth-order valence-electron chi connectivity index (χ4n) is 1.61. The van der Waals surface area contributed by atoms with Crippen molar-refractivity contribution in [2.45, 2.75) is 30.7 Å². The van der Waals surface area contributed by atoms with E-state index in [0.29, 0.717) is 12.1 Å². The van der Waals surface area contributed by atoms with Crippen molar-refractivity contribution in [1.82, 2.24) is 4.72 Å². The van der Waals surface area contributed by atoms with Crippen LogP contribution in [-0.4, -0.2) is 32.6 Å². The van der Waals surface area contributed by atoms with E-state index in [2.05, 4.69) is 10.0 Å². The fourth-order valence-corrected chi connectivity index (χ4v) is 2.50. The van der Waals surface area contributed by atoms with Crippen LogP contribution in [0.25, 0.3) is 0 Å². The third kappa shape index (κ3) is 4.53. The number of carboxylic acid groups (broad SMARTS) is 1. The number of carbonyl (C=O) groups is 1. The zero-order valence-electron chi connectivity index (χ0n) is 10.9. The average Bonchev–Trinajstić information content (AvgIpc) is 2.37. The van der Waals surface area contributed by atoms with E-state index in [4.69, 9.17) is 5.11 Å². The van der Waals surface area contributed by atoms with Gasteiger partial charge in [0.2, 0.25) is 10.0 Å². The average molecular weight is 286 g/mol. The van der Waals surface area contributed by atoms with Gasteiger partial charge in [0.05, 0.1) is 5.69 Å². The Hall–Kier alpha value is -1.60. The van der Waals surface area contributed by atoms with E-state index in [1.807, 2.05) is 6.92 Å². The fraction of sp³-hybridized carbons (Fsp3) is 0.417. The van der Waals surface area contributed by atoms with Crippen molar-refractivity contribution in [1.29, 1.82) is 0 Å². The molecule has 0 radical (unpaired) electrons. The van der Waals surface area contributed by atoms with Crippen LogP contribution in [0.3, 0.4) is 0 Å². The van der Waals surface area contributed by atoms with Gasteiger partial charge in [0.1, 0.15) is 4.90 Å². The summed E-state index contributed by atoms with van der Waals surface area (Å²) in [6, 6.07) is 6.38. The van der Waals surface area contributed by atoms with Gasteiger partial charge in [-0.3, -0.25) is 4.79 Å². The lowest BCUT2D eigenvalue weighted by molar-refractivity contribution is -0.137. The van der Waals surface area contributed by atoms with E-state index < -0.39 is 16.0 Å². The van der Waals surface area contributed by atoms with Gasteiger partial charge in [-0.2, -0.15) is 0 Å². The maximum Gasteiger partial charge on any atom is 0.303 e. The molecule has 1 aromatic rings. The summed E-state index contributed by atoms with van der Waals surface area (Å²) in [6.45, 7) is 1.81. The second-order valence-electron chi connectivity index (χ2n) is 4.18. The van der Waals surface area contributed by atoms with Crippen molar-refractivity contribution >= 4 is 21.7 Å². The standard InChI is InChI=1S/C12H18N2O4S/c1-9(7-8-12(15)16)14-10-5-3-4-6-11(10)19(17,18)13-2/h3-6,9,13-14H,7-8H2,1-2H3,(H,15,16). The Kier molecular flexibility index (Phi) is 5.31. The Morgan fingerprint density at radius 1 is 1.37 bits per heavy atom. The molecule has 0 heterocycles. The number of hydrogen-bond acceptors (Lipinski definition) is 4. The normalized spacial score (nSPS) is 12.9. The molecule has 0 fully saturated rings. The van der Waals surface area contributed by atoms with Gasteiger partial charge in [0.15, 0.2) is 0 Å². The first kappa shape index (κ1) is 15.5. The van der Waals surface area contributed by atoms with Crippen LogP contribution >= 0.6 is 0 Å². The maximum absolute atomic E-state index is 11.8. The molecule has 0 saturated carbocycles. The van der Waals surface area contributed by atoms with E-state index >= 15 is 0 Å². The first-order valence-electron chi connectivity index (χ1n) is 5.87. The topological polar surface area (TPSA) is 95.5 Å². The molecule has 0 saturated heterocycles. The summed E-state index contributed by atoms with van der Waals surface area (Å²) in [7, 11) is -2.19. The summed E-state index contributed by atoms with van der Waals surface area (Å²) in [6.07, 6.45) is 0.457. The number of aliphatic carboxylic acids is 1. The highest BCUT2D eigenvalue weighted by Gasteiger charge is 2.17. The third-order valence-corrected chi connectivity index (χ3v) is 4.11. The van der Waals surface area contributed by atoms with Crippen molar-refractivity contribution < 1.29 is 18.3 Å². The molecule has 0 aliphatic rings. The quantitative estimate of drug-likeness (QED) is 0.701. The molecule has 0 aromatic heterocycles. The lowest BCUT2D eigenvalue weighted by Crippen LogP contribution is -2.23. The van der Waals surface area contributed by atoms with Gasteiger partial charge < -0.3 is 10.4 Å². The highest BCUT2D eigenvalue weighted by molar-refractivity contribution is 7.89. The van der Waals surface area contributed by atoms with Gasteiger partial charge in [-0.05, 0) is 32.5 Å². The molecule has 1 rings (SSSR count). The van der Waals surface area contributed by atoms with E-state index in [0.717, 1.165) is 0 Å². The summed E-state index contributed by atoms with van der Waals surface area (Å²) in [5.74, 6) is -0.871. The second-order valence-corrected chi connectivity index (χ2v) is 6.04. The second kappa shape index (κ2) is 6.53. The van der Waals surface area contributed by atoms with Crippen molar-refractivity contribution in [3.05, 3.63) is 24.3 Å². The minimum absolute atomic E-state index is 0.0368. The summed E-state index contributed by atoms with van der Waals surface area (Å²) >= 11 is 0. The molecule has 3 N–H and O–H groups in total. The predicted octanol–water partition coefficient (Wildman–Crippen LogP) is 1.26. The Morgan fingerprint density at radius 2 is 2.00 bits per heavy atom. The van der Waals surface area contributed by atoms with Crippen molar-refractivity contribution in [2.24, 2.45) is 0 Å². The highest BCUT2D eigenvalue weighted by atomic mass is 32.2. The Bertz CT molecular complexity index is 542. The molecule has 6 nitrogen and oxygen atoms in total. The van der Waals surface area contributed by atoms with Crippen LogP contribution in [0.4, 0.5) is 5.69 Å². The van der Waals surface area contributed by atoms with Crippen LogP contribution in [0.1, 0.15) is 19.8 Å². The minimum Gasteiger partial charge on any atom is -0.481 e. The van der Waals surface area contributed by atoms with Gasteiger partial charge in [0.25, 0.3) is 0 Å². The highest BCUT2D eigenvalue weighted by Crippen LogP contribution is 2.21. The van der Waals surface area contributed by atoms with E-state index in [9.17, 15) is 13.2 Å². The summed E-state index contributed by atoms with van der Waals surface area (Å²) in [5.41, 5.74) is 0.467. The number of nitrogens with one attached hydrogen (secondary N) is 2. The van der Waals surface area contributed by atoms with Crippen molar-refractivity contribution in [3.8, 4) is 0 Å². The molecule has 19 heavy (non-hydrogen) atoms. The number of benzene rings is 1. The molecular weight excluding hydrogens is 268 g/mol. The Balaban J connectivity index is 2.87. The van der Waals surface area contributed by atoms with Crippen LogP contribution in [0, 0.1) is 0 Å². The lowest BCUT2D eigenvalue weighted by atomic mass is 10.1. The summed E-state index contributed by atoms with van der Waals surface area (Å²) < 4.78 is 25.9. The molecule has 106 valence electrons. The largest absolute Gasteiger partial charge is 0.481 e. The number of rotatable bonds is 7. The predicted molar refractivity (Wildman–Crippen MR) is 72.6 cm³/mol. The number of sulfonamides is 1. The zero-order chi connectivity index (χ0) is 14.5.